The van der Waals surface area contributed by atoms with Crippen molar-refractivity contribution in [1.29, 1.82) is 0 Å². The third-order valence-electron chi connectivity index (χ3n) is 5.38. The number of aromatic nitrogens is 4. The molecule has 0 radical (unpaired) electrons. The quantitative estimate of drug-likeness (QED) is 0.461. The van der Waals surface area contributed by atoms with Crippen molar-refractivity contribution in [1.82, 2.24) is 19.5 Å². The average Bonchev–Trinajstić information content (AvgIpc) is 3.15. The first-order valence-electron chi connectivity index (χ1n) is 11.1. The Bertz CT molecular complexity index is 1120. The lowest BCUT2D eigenvalue weighted by Crippen LogP contribution is -2.27. The van der Waals surface area contributed by atoms with Gasteiger partial charge in [0.05, 0.1) is 14.2 Å². The summed E-state index contributed by atoms with van der Waals surface area (Å²) in [6, 6.07) is 5.74. The van der Waals surface area contributed by atoms with E-state index >= 15 is 0 Å². The normalized spacial score (nSPS) is 16.6. The van der Waals surface area contributed by atoms with E-state index in [9.17, 15) is 0 Å². The molecule has 1 saturated heterocycles. The van der Waals surface area contributed by atoms with E-state index in [4.69, 9.17) is 30.8 Å². The molecule has 0 saturated carbocycles. The fourth-order valence-electron chi connectivity index (χ4n) is 3.89. The van der Waals surface area contributed by atoms with E-state index in [-0.39, 0.29) is 17.1 Å². The number of hydrogen-bond acceptors (Lipinski definition) is 8. The predicted octanol–water partition coefficient (Wildman–Crippen LogP) is 5.02. The Morgan fingerprint density at radius 1 is 1.15 bits per heavy atom. The lowest BCUT2D eigenvalue weighted by atomic mass is 10.1. The van der Waals surface area contributed by atoms with Crippen LogP contribution < -0.4 is 20.1 Å². The standard InChI is InChI=1S/C23H31ClN6O3/c1-23(2,3)29-19-18-20(28-21(24)27-19)30(17-8-6-7-11-33-17)22(26-18)25-13-14-9-10-15(31-4)12-16(14)32-5/h9-10,12,17H,6-8,11,13H2,1-5H3,(H,25,26)(H,27,28,29). The largest absolute Gasteiger partial charge is 0.497 e. The van der Waals surface area contributed by atoms with Crippen LogP contribution >= 0.6 is 11.6 Å². The van der Waals surface area contributed by atoms with Crippen LogP contribution in [0.1, 0.15) is 51.8 Å². The number of fused-ring (bicyclic) bond motifs is 1. The molecular formula is C23H31ClN6O3. The van der Waals surface area contributed by atoms with Gasteiger partial charge in [0.2, 0.25) is 11.2 Å². The molecule has 0 amide bonds. The van der Waals surface area contributed by atoms with Crippen molar-refractivity contribution in [2.24, 2.45) is 0 Å². The highest BCUT2D eigenvalue weighted by molar-refractivity contribution is 6.28. The van der Waals surface area contributed by atoms with E-state index in [0.717, 1.165) is 36.3 Å². The first-order valence-corrected chi connectivity index (χ1v) is 11.5. The van der Waals surface area contributed by atoms with E-state index in [1.54, 1.807) is 14.2 Å². The van der Waals surface area contributed by atoms with Gasteiger partial charge in [-0.1, -0.05) is 0 Å². The van der Waals surface area contributed by atoms with Gasteiger partial charge in [-0.25, -0.2) is 4.98 Å². The number of anilines is 2. The van der Waals surface area contributed by atoms with E-state index in [0.29, 0.717) is 36.1 Å². The maximum atomic E-state index is 6.32. The van der Waals surface area contributed by atoms with Crippen LogP contribution in [0.5, 0.6) is 11.5 Å². The minimum Gasteiger partial charge on any atom is -0.497 e. The molecule has 1 unspecified atom stereocenters. The van der Waals surface area contributed by atoms with Gasteiger partial charge in [0.15, 0.2) is 17.0 Å². The summed E-state index contributed by atoms with van der Waals surface area (Å²) in [5, 5.41) is 7.01. The Morgan fingerprint density at radius 2 is 1.97 bits per heavy atom. The summed E-state index contributed by atoms with van der Waals surface area (Å²) in [5.74, 6) is 2.71. The van der Waals surface area contributed by atoms with Crippen LogP contribution in [0.3, 0.4) is 0 Å². The third-order valence-corrected chi connectivity index (χ3v) is 5.55. The minimum absolute atomic E-state index is 0.162. The zero-order valence-electron chi connectivity index (χ0n) is 19.7. The Morgan fingerprint density at radius 3 is 2.64 bits per heavy atom. The van der Waals surface area contributed by atoms with Gasteiger partial charge < -0.3 is 24.8 Å². The number of methoxy groups -OCH3 is 2. The Labute approximate surface area is 198 Å². The van der Waals surface area contributed by atoms with Crippen molar-refractivity contribution < 1.29 is 14.2 Å². The maximum absolute atomic E-state index is 6.32. The molecule has 1 aliphatic heterocycles. The summed E-state index contributed by atoms with van der Waals surface area (Å²) >= 11 is 6.32. The van der Waals surface area contributed by atoms with Crippen LogP contribution in [-0.2, 0) is 11.3 Å². The SMILES string of the molecule is COc1ccc(CNc2nc3c(NC(C)(C)C)nc(Cl)nc3n2C2CCCCO2)c(OC)c1. The zero-order chi connectivity index (χ0) is 23.6. The van der Waals surface area contributed by atoms with Crippen molar-refractivity contribution in [2.45, 2.75) is 58.3 Å². The predicted molar refractivity (Wildman–Crippen MR) is 129 cm³/mol. The Kier molecular flexibility index (Phi) is 6.81. The van der Waals surface area contributed by atoms with Crippen LogP contribution in [-0.4, -0.2) is 45.9 Å². The molecule has 2 N–H and O–H groups in total. The molecule has 0 spiro atoms. The highest BCUT2D eigenvalue weighted by Crippen LogP contribution is 2.34. The zero-order valence-corrected chi connectivity index (χ0v) is 20.5. The number of nitrogens with one attached hydrogen (secondary N) is 2. The average molecular weight is 475 g/mol. The topological polar surface area (TPSA) is 95.4 Å². The maximum Gasteiger partial charge on any atom is 0.226 e. The van der Waals surface area contributed by atoms with Gasteiger partial charge in [0, 0.05) is 30.3 Å². The van der Waals surface area contributed by atoms with Crippen molar-refractivity contribution >= 4 is 34.5 Å². The number of hydrogen-bond donors (Lipinski definition) is 2. The van der Waals surface area contributed by atoms with Crippen LogP contribution in [0, 0.1) is 0 Å². The highest BCUT2D eigenvalue weighted by atomic mass is 35.5. The molecule has 1 fully saturated rings. The number of imidazole rings is 1. The summed E-state index contributed by atoms with van der Waals surface area (Å²) in [7, 11) is 3.28. The molecule has 33 heavy (non-hydrogen) atoms. The Hall–Kier alpha value is -2.78. The minimum atomic E-state index is -0.222. The fraction of sp³-hybridized carbons (Fsp3) is 0.522. The smallest absolute Gasteiger partial charge is 0.226 e. The second-order valence-corrected chi connectivity index (χ2v) is 9.38. The summed E-state index contributed by atoms with van der Waals surface area (Å²) in [6.45, 7) is 7.37. The summed E-state index contributed by atoms with van der Waals surface area (Å²) < 4.78 is 18.9. The first kappa shape index (κ1) is 23.4. The van der Waals surface area contributed by atoms with Gasteiger partial charge in [-0.2, -0.15) is 9.97 Å². The van der Waals surface area contributed by atoms with Gasteiger partial charge in [-0.15, -0.1) is 0 Å². The molecule has 9 nitrogen and oxygen atoms in total. The van der Waals surface area contributed by atoms with Gasteiger partial charge in [0.1, 0.15) is 17.7 Å². The van der Waals surface area contributed by atoms with Crippen molar-refractivity contribution in [3.8, 4) is 11.5 Å². The summed E-state index contributed by atoms with van der Waals surface area (Å²) in [6.07, 6.45) is 2.80. The lowest BCUT2D eigenvalue weighted by Gasteiger charge is -2.26. The van der Waals surface area contributed by atoms with Gasteiger partial charge in [-0.3, -0.25) is 4.57 Å². The van der Waals surface area contributed by atoms with Crippen molar-refractivity contribution in [3.63, 3.8) is 0 Å². The van der Waals surface area contributed by atoms with Crippen molar-refractivity contribution in [2.75, 3.05) is 31.5 Å². The molecule has 3 aromatic rings. The number of ether oxygens (including phenoxy) is 3. The molecule has 2 aromatic heterocycles. The van der Waals surface area contributed by atoms with Crippen LogP contribution in [0.2, 0.25) is 5.28 Å². The van der Waals surface area contributed by atoms with Gasteiger partial charge in [0.25, 0.3) is 0 Å². The number of benzene rings is 1. The van der Waals surface area contributed by atoms with E-state index in [1.165, 1.54) is 0 Å². The van der Waals surface area contributed by atoms with Crippen LogP contribution in [0.4, 0.5) is 11.8 Å². The Balaban J connectivity index is 1.75. The van der Waals surface area contributed by atoms with Crippen LogP contribution in [0.25, 0.3) is 11.2 Å². The second-order valence-electron chi connectivity index (χ2n) is 9.05. The summed E-state index contributed by atoms with van der Waals surface area (Å²) in [5.41, 5.74) is 2.03. The lowest BCUT2D eigenvalue weighted by molar-refractivity contribution is -0.0285. The summed E-state index contributed by atoms with van der Waals surface area (Å²) in [4.78, 5) is 13.8. The molecule has 0 aliphatic carbocycles. The molecule has 178 valence electrons. The van der Waals surface area contributed by atoms with Gasteiger partial charge in [-0.05, 0) is 63.8 Å². The van der Waals surface area contributed by atoms with Crippen LogP contribution in [0.15, 0.2) is 18.2 Å². The number of nitrogens with zero attached hydrogens (tertiary/aromatic N) is 4. The second kappa shape index (κ2) is 9.61. The molecule has 3 heterocycles. The van der Waals surface area contributed by atoms with E-state index < -0.39 is 0 Å². The molecule has 0 bridgehead atoms. The number of halogens is 1. The molecule has 1 atom stereocenters. The third kappa shape index (κ3) is 5.25. The van der Waals surface area contributed by atoms with E-state index in [2.05, 4.69) is 41.4 Å². The first-order chi connectivity index (χ1) is 15.8. The molecule has 1 aliphatic rings. The monoisotopic (exact) mass is 474 g/mol. The van der Waals surface area contributed by atoms with Gasteiger partial charge >= 0.3 is 0 Å². The number of rotatable bonds is 7. The molecule has 10 heteroatoms. The highest BCUT2D eigenvalue weighted by Gasteiger charge is 2.26. The molecule has 4 rings (SSSR count). The van der Waals surface area contributed by atoms with E-state index in [1.807, 2.05) is 22.8 Å². The van der Waals surface area contributed by atoms with Crippen molar-refractivity contribution in [3.05, 3.63) is 29.0 Å². The fourth-order valence-corrected chi connectivity index (χ4v) is 4.05. The molecular weight excluding hydrogens is 444 g/mol. The molecule has 1 aromatic carbocycles.